The Morgan fingerprint density at radius 3 is 2.35 bits per heavy atom. The van der Waals surface area contributed by atoms with E-state index in [9.17, 15) is 24.4 Å². The second kappa shape index (κ2) is 12.2. The Labute approximate surface area is 202 Å². The molecule has 0 spiro atoms. The minimum atomic E-state index is -1.70. The molecule has 1 aliphatic rings. The second-order valence-electron chi connectivity index (χ2n) is 9.64. The first-order chi connectivity index (χ1) is 16.0. The molecule has 1 aromatic rings. The molecule has 4 N–H and O–H groups in total. The number of hydrogen-bond donors (Lipinski definition) is 4. The van der Waals surface area contributed by atoms with Gasteiger partial charge < -0.3 is 30.3 Å². The second-order valence-corrected chi connectivity index (χ2v) is 9.64. The average molecular weight is 475 g/mol. The van der Waals surface area contributed by atoms with Crippen LogP contribution in [0.3, 0.4) is 0 Å². The van der Waals surface area contributed by atoms with E-state index < -0.39 is 36.6 Å². The normalized spacial score (nSPS) is 19.8. The molecule has 1 saturated heterocycles. The van der Waals surface area contributed by atoms with Crippen LogP contribution in [0.2, 0.25) is 0 Å². The van der Waals surface area contributed by atoms with Gasteiger partial charge in [-0.3, -0.25) is 9.59 Å². The number of likely N-dealkylation sites (tertiary alicyclic amines) is 1. The molecule has 0 saturated carbocycles. The van der Waals surface area contributed by atoms with Gasteiger partial charge in [0.1, 0.15) is 18.2 Å². The molecule has 3 amide bonds. The van der Waals surface area contributed by atoms with Crippen LogP contribution < -0.4 is 10.6 Å². The SMILES string of the molecule is CCC(NC(=O)[C@H](CC(C)C)N1CCC(NC(=O)OCc2ccccc2)(C(C)C)C1=O)B(O)O. The number of amides is 3. The van der Waals surface area contributed by atoms with E-state index in [1.807, 2.05) is 58.0 Å². The number of nitrogens with zero attached hydrogens (tertiary/aromatic N) is 1. The zero-order chi connectivity index (χ0) is 25.5. The van der Waals surface area contributed by atoms with Crippen LogP contribution in [0.4, 0.5) is 4.79 Å². The molecule has 2 rings (SSSR count). The first kappa shape index (κ1) is 27.7. The maximum Gasteiger partial charge on any atom is 0.475 e. The number of alkyl carbamates (subject to hydrolysis) is 1. The molecule has 188 valence electrons. The predicted molar refractivity (Wildman–Crippen MR) is 129 cm³/mol. The molecule has 34 heavy (non-hydrogen) atoms. The van der Waals surface area contributed by atoms with E-state index in [4.69, 9.17) is 4.74 Å². The van der Waals surface area contributed by atoms with E-state index in [1.165, 1.54) is 4.90 Å². The lowest BCUT2D eigenvalue weighted by Crippen LogP contribution is -2.60. The van der Waals surface area contributed by atoms with E-state index in [0.29, 0.717) is 25.8 Å². The summed E-state index contributed by atoms with van der Waals surface area (Å²) in [5, 5.41) is 24.5. The highest BCUT2D eigenvalue weighted by atomic mass is 16.5. The van der Waals surface area contributed by atoms with Crippen molar-refractivity contribution in [1.82, 2.24) is 15.5 Å². The Kier molecular flexibility index (Phi) is 9.94. The van der Waals surface area contributed by atoms with E-state index in [0.717, 1.165) is 5.56 Å². The third kappa shape index (κ3) is 6.73. The molecular formula is C24H38BN3O6. The number of nitrogens with one attached hydrogen (secondary N) is 2. The van der Waals surface area contributed by atoms with Crippen LogP contribution in [0.5, 0.6) is 0 Å². The van der Waals surface area contributed by atoms with Crippen molar-refractivity contribution in [2.45, 2.75) is 78.0 Å². The summed E-state index contributed by atoms with van der Waals surface area (Å²) < 4.78 is 5.36. The van der Waals surface area contributed by atoms with Gasteiger partial charge in [0.05, 0.1) is 5.94 Å². The average Bonchev–Trinajstić information content (AvgIpc) is 3.11. The van der Waals surface area contributed by atoms with Gasteiger partial charge >= 0.3 is 13.2 Å². The Balaban J connectivity index is 2.18. The fourth-order valence-corrected chi connectivity index (χ4v) is 4.28. The van der Waals surface area contributed by atoms with Crippen molar-refractivity contribution in [2.75, 3.05) is 6.54 Å². The lowest BCUT2D eigenvalue weighted by atomic mass is 9.77. The minimum absolute atomic E-state index is 0.0824. The van der Waals surface area contributed by atoms with Crippen LogP contribution >= 0.6 is 0 Å². The number of hydrogen-bond acceptors (Lipinski definition) is 6. The lowest BCUT2D eigenvalue weighted by molar-refractivity contribution is -0.142. The van der Waals surface area contributed by atoms with E-state index in [-0.39, 0.29) is 24.3 Å². The minimum Gasteiger partial charge on any atom is -0.445 e. The fraction of sp³-hybridized carbons (Fsp3) is 0.625. The van der Waals surface area contributed by atoms with Crippen molar-refractivity contribution in [3.8, 4) is 0 Å². The van der Waals surface area contributed by atoms with Crippen molar-refractivity contribution >= 4 is 25.0 Å². The summed E-state index contributed by atoms with van der Waals surface area (Å²) in [6.07, 6.45) is 0.386. The molecule has 0 aliphatic carbocycles. The highest BCUT2D eigenvalue weighted by molar-refractivity contribution is 6.43. The summed E-state index contributed by atoms with van der Waals surface area (Å²) >= 11 is 0. The van der Waals surface area contributed by atoms with E-state index in [2.05, 4.69) is 10.6 Å². The van der Waals surface area contributed by atoms with Gasteiger partial charge in [-0.1, -0.05) is 65.0 Å². The molecule has 1 aliphatic heterocycles. The van der Waals surface area contributed by atoms with Crippen molar-refractivity contribution in [3.63, 3.8) is 0 Å². The summed E-state index contributed by atoms with van der Waals surface area (Å²) in [7, 11) is -1.70. The number of benzene rings is 1. The van der Waals surface area contributed by atoms with Crippen molar-refractivity contribution in [2.24, 2.45) is 11.8 Å². The fourth-order valence-electron chi connectivity index (χ4n) is 4.28. The number of carbonyl (C=O) groups is 3. The van der Waals surface area contributed by atoms with Crippen LogP contribution in [-0.4, -0.2) is 64.0 Å². The van der Waals surface area contributed by atoms with Gasteiger partial charge in [0.15, 0.2) is 0 Å². The third-order valence-corrected chi connectivity index (χ3v) is 6.41. The van der Waals surface area contributed by atoms with Gasteiger partial charge in [-0.15, -0.1) is 0 Å². The molecule has 3 atom stereocenters. The van der Waals surface area contributed by atoms with Gasteiger partial charge in [-0.25, -0.2) is 4.79 Å². The molecule has 2 unspecified atom stereocenters. The number of carbonyl (C=O) groups excluding carboxylic acids is 3. The summed E-state index contributed by atoms with van der Waals surface area (Å²) in [5.74, 6) is -1.73. The van der Waals surface area contributed by atoms with Crippen molar-refractivity contribution in [1.29, 1.82) is 0 Å². The quantitative estimate of drug-likeness (QED) is 0.362. The predicted octanol–water partition coefficient (Wildman–Crippen LogP) is 1.86. The van der Waals surface area contributed by atoms with E-state index in [1.54, 1.807) is 6.92 Å². The van der Waals surface area contributed by atoms with Crippen LogP contribution in [-0.2, 0) is 20.9 Å². The van der Waals surface area contributed by atoms with Crippen molar-refractivity contribution < 1.29 is 29.2 Å². The molecule has 10 heteroatoms. The Hall–Kier alpha value is -2.59. The van der Waals surface area contributed by atoms with Gasteiger partial charge in [-0.05, 0) is 36.7 Å². The highest BCUT2D eigenvalue weighted by Gasteiger charge is 2.53. The summed E-state index contributed by atoms with van der Waals surface area (Å²) in [6, 6.07) is 8.47. The van der Waals surface area contributed by atoms with Crippen LogP contribution in [0, 0.1) is 11.8 Å². The molecule has 9 nitrogen and oxygen atoms in total. The van der Waals surface area contributed by atoms with Crippen LogP contribution in [0.1, 0.15) is 59.4 Å². The molecule has 0 bridgehead atoms. The number of ether oxygens (including phenoxy) is 1. The molecule has 0 radical (unpaired) electrons. The highest BCUT2D eigenvalue weighted by Crippen LogP contribution is 2.33. The molecular weight excluding hydrogens is 437 g/mol. The Morgan fingerprint density at radius 1 is 1.18 bits per heavy atom. The smallest absolute Gasteiger partial charge is 0.445 e. The summed E-state index contributed by atoms with van der Waals surface area (Å²) in [4.78, 5) is 40.9. The number of rotatable bonds is 11. The topological polar surface area (TPSA) is 128 Å². The van der Waals surface area contributed by atoms with Gasteiger partial charge in [0, 0.05) is 6.54 Å². The van der Waals surface area contributed by atoms with Crippen molar-refractivity contribution in [3.05, 3.63) is 35.9 Å². The monoisotopic (exact) mass is 475 g/mol. The molecule has 1 heterocycles. The molecule has 1 fully saturated rings. The molecule has 1 aromatic carbocycles. The van der Waals surface area contributed by atoms with Gasteiger partial charge in [0.25, 0.3) is 0 Å². The maximum absolute atomic E-state index is 13.7. The zero-order valence-corrected chi connectivity index (χ0v) is 20.8. The van der Waals surface area contributed by atoms with E-state index >= 15 is 0 Å². The Morgan fingerprint density at radius 2 is 1.82 bits per heavy atom. The summed E-state index contributed by atoms with van der Waals surface area (Å²) in [5.41, 5.74) is -0.356. The first-order valence-electron chi connectivity index (χ1n) is 12.0. The third-order valence-electron chi connectivity index (χ3n) is 6.41. The van der Waals surface area contributed by atoms with Crippen LogP contribution in [0.25, 0.3) is 0 Å². The Bertz CT molecular complexity index is 835. The largest absolute Gasteiger partial charge is 0.475 e. The first-order valence-corrected chi connectivity index (χ1v) is 12.0. The van der Waals surface area contributed by atoms with Crippen LogP contribution in [0.15, 0.2) is 30.3 Å². The maximum atomic E-state index is 13.7. The summed E-state index contributed by atoms with van der Waals surface area (Å²) in [6.45, 7) is 9.72. The standard InChI is InChI=1S/C24H38BN3O6/c1-6-20(25(32)33)26-21(29)19(14-16(2)3)28-13-12-24(17(4)5,22(28)30)27-23(31)34-15-18-10-8-7-9-11-18/h7-11,16-17,19-20,32-33H,6,12-15H2,1-5H3,(H,26,29)(H,27,31)/t19-,20?,24?/m0/s1. The van der Waals surface area contributed by atoms with Gasteiger partial charge in [-0.2, -0.15) is 0 Å². The lowest BCUT2D eigenvalue weighted by Gasteiger charge is -2.35. The zero-order valence-electron chi connectivity index (χ0n) is 20.8. The molecule has 0 aromatic heterocycles. The van der Waals surface area contributed by atoms with Gasteiger partial charge in [0.2, 0.25) is 11.8 Å².